The third-order valence-corrected chi connectivity index (χ3v) is 3.13. The Morgan fingerprint density at radius 2 is 2.44 bits per heavy atom. The van der Waals surface area contributed by atoms with Crippen molar-refractivity contribution in [1.82, 2.24) is 0 Å². The summed E-state index contributed by atoms with van der Waals surface area (Å²) in [4.78, 5) is 12.1. The first-order valence-electron chi connectivity index (χ1n) is 5.95. The van der Waals surface area contributed by atoms with Crippen molar-refractivity contribution in [2.24, 2.45) is 0 Å². The summed E-state index contributed by atoms with van der Waals surface area (Å²) in [6.07, 6.45) is 0.596. The van der Waals surface area contributed by atoms with Crippen LogP contribution in [0.4, 0.5) is 5.69 Å². The predicted octanol–water partition coefficient (Wildman–Crippen LogP) is 2.47. The Hall–Kier alpha value is -1.26. The van der Waals surface area contributed by atoms with Crippen LogP contribution in [0, 0.1) is 0 Å². The minimum atomic E-state index is -0.791. The molecule has 2 rings (SSSR count). The molecule has 0 radical (unpaired) electrons. The summed E-state index contributed by atoms with van der Waals surface area (Å²) in [7, 11) is 0. The normalized spacial score (nSPS) is 22.8. The number of ether oxygens (including phenoxy) is 2. The van der Waals surface area contributed by atoms with Gasteiger partial charge in [0.2, 0.25) is 0 Å². The van der Waals surface area contributed by atoms with Gasteiger partial charge in [0.1, 0.15) is 0 Å². The van der Waals surface area contributed by atoms with Gasteiger partial charge in [0.25, 0.3) is 0 Å². The number of benzene rings is 1. The highest BCUT2D eigenvalue weighted by Crippen LogP contribution is 2.27. The zero-order chi connectivity index (χ0) is 13.0. The van der Waals surface area contributed by atoms with E-state index in [1.54, 1.807) is 19.1 Å². The molecule has 1 aliphatic heterocycles. The van der Waals surface area contributed by atoms with Gasteiger partial charge in [0.05, 0.1) is 13.2 Å². The summed E-state index contributed by atoms with van der Waals surface area (Å²) in [5, 5.41) is 3.82. The maximum atomic E-state index is 12.1. The van der Waals surface area contributed by atoms with Crippen molar-refractivity contribution in [2.75, 3.05) is 25.1 Å². The van der Waals surface area contributed by atoms with Crippen LogP contribution in [0.3, 0.4) is 0 Å². The summed E-state index contributed by atoms with van der Waals surface area (Å²) in [5.74, 6) is -0.275. The number of rotatable bonds is 4. The molecule has 5 heteroatoms. The zero-order valence-electron chi connectivity index (χ0n) is 10.2. The van der Waals surface area contributed by atoms with Crippen LogP contribution in [0.5, 0.6) is 0 Å². The molecule has 1 aromatic carbocycles. The first-order valence-corrected chi connectivity index (χ1v) is 6.33. The highest BCUT2D eigenvalue weighted by atomic mass is 35.5. The molecular weight excluding hydrogens is 254 g/mol. The fraction of sp³-hybridized carbons (Fsp3) is 0.462. The molecule has 1 heterocycles. The molecule has 1 N–H and O–H groups in total. The molecule has 0 spiro atoms. The number of anilines is 1. The van der Waals surface area contributed by atoms with Crippen molar-refractivity contribution in [3.8, 4) is 0 Å². The molecule has 0 amide bonds. The SMILES string of the molecule is CCOC(=O)C1(Nc2cccc(Cl)c2)CCOC1. The standard InChI is InChI=1S/C13H16ClNO3/c1-2-18-12(16)13(6-7-17-9-13)15-11-5-3-4-10(14)8-11/h3-5,8,15H,2,6-7,9H2,1H3. The van der Waals surface area contributed by atoms with Crippen LogP contribution in [0.15, 0.2) is 24.3 Å². The highest BCUT2D eigenvalue weighted by molar-refractivity contribution is 6.30. The lowest BCUT2D eigenvalue weighted by molar-refractivity contribution is -0.148. The fourth-order valence-electron chi connectivity index (χ4n) is 1.99. The number of carbonyl (C=O) groups excluding carboxylic acids is 1. The minimum absolute atomic E-state index is 0.275. The van der Waals surface area contributed by atoms with E-state index in [0.29, 0.717) is 31.3 Å². The molecule has 1 unspecified atom stereocenters. The van der Waals surface area contributed by atoms with Crippen molar-refractivity contribution < 1.29 is 14.3 Å². The van der Waals surface area contributed by atoms with Crippen LogP contribution < -0.4 is 5.32 Å². The van der Waals surface area contributed by atoms with Crippen molar-refractivity contribution in [3.63, 3.8) is 0 Å². The van der Waals surface area contributed by atoms with E-state index in [0.717, 1.165) is 5.69 Å². The largest absolute Gasteiger partial charge is 0.464 e. The zero-order valence-corrected chi connectivity index (χ0v) is 11.0. The van der Waals surface area contributed by atoms with Gasteiger partial charge in [-0.25, -0.2) is 4.79 Å². The summed E-state index contributed by atoms with van der Waals surface area (Å²) in [6.45, 7) is 3.02. The lowest BCUT2D eigenvalue weighted by atomic mass is 9.98. The van der Waals surface area contributed by atoms with Crippen LogP contribution in [-0.2, 0) is 14.3 Å². The number of esters is 1. The van der Waals surface area contributed by atoms with Crippen LogP contribution in [-0.4, -0.2) is 31.3 Å². The smallest absolute Gasteiger partial charge is 0.334 e. The molecule has 1 aromatic rings. The maximum absolute atomic E-state index is 12.1. The van der Waals surface area contributed by atoms with E-state index in [9.17, 15) is 4.79 Å². The molecule has 18 heavy (non-hydrogen) atoms. The van der Waals surface area contributed by atoms with Gasteiger partial charge >= 0.3 is 5.97 Å². The molecular formula is C13H16ClNO3. The van der Waals surface area contributed by atoms with Crippen LogP contribution in [0.25, 0.3) is 0 Å². The number of nitrogens with one attached hydrogen (secondary N) is 1. The minimum Gasteiger partial charge on any atom is -0.464 e. The predicted molar refractivity (Wildman–Crippen MR) is 69.9 cm³/mol. The number of hydrogen-bond acceptors (Lipinski definition) is 4. The molecule has 0 bridgehead atoms. The molecule has 0 aromatic heterocycles. The number of carbonyl (C=O) groups is 1. The second-order valence-electron chi connectivity index (χ2n) is 4.24. The Balaban J connectivity index is 2.18. The van der Waals surface area contributed by atoms with Gasteiger partial charge in [0, 0.05) is 23.7 Å². The van der Waals surface area contributed by atoms with E-state index in [4.69, 9.17) is 21.1 Å². The van der Waals surface area contributed by atoms with Crippen molar-refractivity contribution >= 4 is 23.3 Å². The Morgan fingerprint density at radius 1 is 1.61 bits per heavy atom. The first kappa shape index (κ1) is 13.2. The Bertz CT molecular complexity index is 430. The summed E-state index contributed by atoms with van der Waals surface area (Å²) >= 11 is 5.93. The van der Waals surface area contributed by atoms with Gasteiger partial charge in [-0.2, -0.15) is 0 Å². The molecule has 1 saturated heterocycles. The van der Waals surface area contributed by atoms with E-state index < -0.39 is 5.54 Å². The average Bonchev–Trinajstić information content (AvgIpc) is 2.79. The van der Waals surface area contributed by atoms with Crippen molar-refractivity contribution in [1.29, 1.82) is 0 Å². The molecule has 1 fully saturated rings. The lowest BCUT2D eigenvalue weighted by Crippen LogP contribution is -2.48. The third kappa shape index (κ3) is 2.76. The Kier molecular flexibility index (Phi) is 4.09. The molecule has 4 nitrogen and oxygen atoms in total. The van der Waals surface area contributed by atoms with E-state index >= 15 is 0 Å². The molecule has 1 atom stereocenters. The second-order valence-corrected chi connectivity index (χ2v) is 4.68. The van der Waals surface area contributed by atoms with E-state index in [1.165, 1.54) is 0 Å². The van der Waals surface area contributed by atoms with Gasteiger partial charge in [-0.1, -0.05) is 17.7 Å². The maximum Gasteiger partial charge on any atom is 0.334 e. The van der Waals surface area contributed by atoms with Gasteiger partial charge in [0.15, 0.2) is 5.54 Å². The molecule has 0 saturated carbocycles. The highest BCUT2D eigenvalue weighted by Gasteiger charge is 2.43. The van der Waals surface area contributed by atoms with Crippen LogP contribution >= 0.6 is 11.6 Å². The van der Waals surface area contributed by atoms with Crippen LogP contribution in [0.2, 0.25) is 5.02 Å². The van der Waals surface area contributed by atoms with Gasteiger partial charge in [-0.15, -0.1) is 0 Å². The quantitative estimate of drug-likeness (QED) is 0.853. The molecule has 1 aliphatic rings. The lowest BCUT2D eigenvalue weighted by Gasteiger charge is -2.27. The topological polar surface area (TPSA) is 47.6 Å². The summed E-state index contributed by atoms with van der Waals surface area (Å²) in [5.41, 5.74) is 0.00166. The average molecular weight is 270 g/mol. The number of halogens is 1. The van der Waals surface area contributed by atoms with Crippen molar-refractivity contribution in [3.05, 3.63) is 29.3 Å². The second kappa shape index (κ2) is 5.59. The molecule has 98 valence electrons. The monoisotopic (exact) mass is 269 g/mol. The fourth-order valence-corrected chi connectivity index (χ4v) is 2.18. The summed E-state index contributed by atoms with van der Waals surface area (Å²) in [6, 6.07) is 7.26. The van der Waals surface area contributed by atoms with Crippen molar-refractivity contribution in [2.45, 2.75) is 18.9 Å². The number of hydrogen-bond donors (Lipinski definition) is 1. The Morgan fingerprint density at radius 3 is 3.06 bits per heavy atom. The van der Waals surface area contributed by atoms with E-state index in [1.807, 2.05) is 12.1 Å². The Labute approximate surface area is 111 Å². The van der Waals surface area contributed by atoms with Gasteiger partial charge in [-0.05, 0) is 25.1 Å². The molecule has 0 aliphatic carbocycles. The van der Waals surface area contributed by atoms with Gasteiger partial charge < -0.3 is 14.8 Å². The van der Waals surface area contributed by atoms with Crippen LogP contribution in [0.1, 0.15) is 13.3 Å². The summed E-state index contributed by atoms with van der Waals surface area (Å²) < 4.78 is 10.5. The van der Waals surface area contributed by atoms with E-state index in [-0.39, 0.29) is 5.97 Å². The van der Waals surface area contributed by atoms with Gasteiger partial charge in [-0.3, -0.25) is 0 Å². The first-order chi connectivity index (χ1) is 8.66. The van der Waals surface area contributed by atoms with E-state index in [2.05, 4.69) is 5.32 Å². The third-order valence-electron chi connectivity index (χ3n) is 2.90.